The van der Waals surface area contributed by atoms with Crippen LogP contribution in [-0.4, -0.2) is 71.4 Å². The maximum atomic E-state index is 11.6. The first kappa shape index (κ1) is 15.0. The first-order valence-corrected chi connectivity index (χ1v) is 8.31. The SMILES string of the molecule is CN1C(=O)NC(CSSCC2NC(=O)N(C)C2=O)C1=O. The topological polar surface area (TPSA) is 98.8 Å². The Bertz CT molecular complexity index is 430. The molecule has 2 atom stereocenters. The van der Waals surface area contributed by atoms with Crippen LogP contribution in [0.3, 0.4) is 0 Å². The molecule has 0 aliphatic carbocycles. The number of nitrogens with one attached hydrogen (secondary N) is 2. The summed E-state index contributed by atoms with van der Waals surface area (Å²) in [4.78, 5) is 47.8. The van der Waals surface area contributed by atoms with Gasteiger partial charge in [-0.1, -0.05) is 21.6 Å². The fourth-order valence-electron chi connectivity index (χ4n) is 1.74. The van der Waals surface area contributed by atoms with Gasteiger partial charge in [0.1, 0.15) is 12.1 Å². The maximum Gasteiger partial charge on any atom is 0.324 e. The molecule has 0 radical (unpaired) electrons. The van der Waals surface area contributed by atoms with Crippen LogP contribution in [0.25, 0.3) is 0 Å². The molecule has 2 fully saturated rings. The fourth-order valence-corrected chi connectivity index (χ4v) is 4.05. The highest BCUT2D eigenvalue weighted by Crippen LogP contribution is 2.25. The zero-order valence-corrected chi connectivity index (χ0v) is 12.5. The molecular formula is C10H14N4O4S2. The van der Waals surface area contributed by atoms with Crippen molar-refractivity contribution in [3.05, 3.63) is 0 Å². The number of hydrogen-bond donors (Lipinski definition) is 2. The van der Waals surface area contributed by atoms with E-state index in [4.69, 9.17) is 0 Å². The summed E-state index contributed by atoms with van der Waals surface area (Å²) in [5, 5.41) is 5.13. The number of likely N-dealkylation sites (N-methyl/N-ethyl adjacent to an activating group) is 2. The van der Waals surface area contributed by atoms with Crippen LogP contribution in [0.15, 0.2) is 0 Å². The molecule has 0 aromatic rings. The van der Waals surface area contributed by atoms with Gasteiger partial charge in [0, 0.05) is 25.6 Å². The van der Waals surface area contributed by atoms with Crippen molar-refractivity contribution in [1.29, 1.82) is 0 Å². The second kappa shape index (κ2) is 5.92. The average molecular weight is 318 g/mol. The van der Waals surface area contributed by atoms with Crippen molar-refractivity contribution < 1.29 is 19.2 Å². The zero-order valence-electron chi connectivity index (χ0n) is 10.9. The van der Waals surface area contributed by atoms with Gasteiger partial charge >= 0.3 is 12.1 Å². The fraction of sp³-hybridized carbons (Fsp3) is 0.600. The summed E-state index contributed by atoms with van der Waals surface area (Å²) in [5.41, 5.74) is 0. The highest BCUT2D eigenvalue weighted by molar-refractivity contribution is 8.76. The summed E-state index contributed by atoms with van der Waals surface area (Å²) in [6, 6.07) is -1.85. The van der Waals surface area contributed by atoms with Crippen LogP contribution in [0.5, 0.6) is 0 Å². The molecule has 8 nitrogen and oxygen atoms in total. The molecule has 20 heavy (non-hydrogen) atoms. The van der Waals surface area contributed by atoms with Gasteiger partial charge in [-0.2, -0.15) is 0 Å². The maximum absolute atomic E-state index is 11.6. The number of carbonyl (C=O) groups excluding carboxylic acids is 4. The smallest absolute Gasteiger partial charge is 0.324 e. The van der Waals surface area contributed by atoms with Gasteiger partial charge < -0.3 is 10.6 Å². The molecular weight excluding hydrogens is 304 g/mol. The van der Waals surface area contributed by atoms with E-state index >= 15 is 0 Å². The van der Waals surface area contributed by atoms with Crippen molar-refractivity contribution >= 4 is 45.5 Å². The number of nitrogens with zero attached hydrogens (tertiary/aromatic N) is 2. The molecule has 2 rings (SSSR count). The molecule has 0 spiro atoms. The lowest BCUT2D eigenvalue weighted by Gasteiger charge is -2.09. The van der Waals surface area contributed by atoms with Crippen LogP contribution >= 0.6 is 21.6 Å². The molecule has 2 N–H and O–H groups in total. The molecule has 0 aromatic carbocycles. The lowest BCUT2D eigenvalue weighted by Crippen LogP contribution is -2.32. The summed E-state index contributed by atoms with van der Waals surface area (Å²) in [7, 11) is 5.62. The van der Waals surface area contributed by atoms with Gasteiger partial charge in [0.15, 0.2) is 0 Å². The third-order valence-corrected chi connectivity index (χ3v) is 5.44. The Hall–Kier alpha value is -1.42. The predicted molar refractivity (Wildman–Crippen MR) is 75.1 cm³/mol. The summed E-state index contributed by atoms with van der Waals surface area (Å²) in [6.07, 6.45) is 0. The molecule has 110 valence electrons. The van der Waals surface area contributed by atoms with Crippen molar-refractivity contribution in [3.63, 3.8) is 0 Å². The lowest BCUT2D eigenvalue weighted by molar-refractivity contribution is -0.126. The van der Waals surface area contributed by atoms with Crippen LogP contribution < -0.4 is 10.6 Å². The van der Waals surface area contributed by atoms with E-state index in [0.29, 0.717) is 11.5 Å². The first-order valence-electron chi connectivity index (χ1n) is 5.82. The Balaban J connectivity index is 1.70. The van der Waals surface area contributed by atoms with Gasteiger partial charge in [-0.25, -0.2) is 9.59 Å². The third kappa shape index (κ3) is 2.85. The van der Waals surface area contributed by atoms with Crippen molar-refractivity contribution in [2.75, 3.05) is 25.6 Å². The standard InChI is InChI=1S/C10H14N4O4S2/c1-13-7(15)5(11-9(13)17)3-19-20-4-6-8(16)14(2)10(18)12-6/h5-6H,3-4H2,1-2H3,(H,11,17)(H,12,18). The molecule has 2 aliphatic rings. The normalized spacial score (nSPS) is 26.3. The zero-order chi connectivity index (χ0) is 14.9. The lowest BCUT2D eigenvalue weighted by atomic mass is 10.3. The molecule has 2 aliphatic heterocycles. The Morgan fingerprint density at radius 3 is 1.45 bits per heavy atom. The van der Waals surface area contributed by atoms with Crippen LogP contribution in [0, 0.1) is 0 Å². The van der Waals surface area contributed by atoms with Crippen molar-refractivity contribution in [1.82, 2.24) is 20.4 Å². The predicted octanol–water partition coefficient (Wildman–Crippen LogP) is -0.532. The number of hydrogen-bond acceptors (Lipinski definition) is 6. The van der Waals surface area contributed by atoms with Crippen molar-refractivity contribution in [2.45, 2.75) is 12.1 Å². The van der Waals surface area contributed by atoms with Crippen molar-refractivity contribution in [2.24, 2.45) is 0 Å². The third-order valence-electron chi connectivity index (χ3n) is 3.01. The van der Waals surface area contributed by atoms with E-state index in [1.54, 1.807) is 0 Å². The summed E-state index contributed by atoms with van der Waals surface area (Å²) >= 11 is 0. The first-order chi connectivity index (χ1) is 9.41. The van der Waals surface area contributed by atoms with Gasteiger partial charge in [0.05, 0.1) is 0 Å². The highest BCUT2D eigenvalue weighted by Gasteiger charge is 2.36. The number of amides is 6. The number of rotatable bonds is 5. The number of urea groups is 2. The summed E-state index contributed by atoms with van der Waals surface area (Å²) in [6.45, 7) is 0. The quantitative estimate of drug-likeness (QED) is 0.402. The van der Waals surface area contributed by atoms with E-state index in [0.717, 1.165) is 9.80 Å². The van der Waals surface area contributed by atoms with Crippen LogP contribution in [0.2, 0.25) is 0 Å². The van der Waals surface area contributed by atoms with Crippen LogP contribution in [0.1, 0.15) is 0 Å². The Morgan fingerprint density at radius 1 is 0.850 bits per heavy atom. The van der Waals surface area contributed by atoms with E-state index in [9.17, 15) is 19.2 Å². The van der Waals surface area contributed by atoms with Crippen molar-refractivity contribution in [3.8, 4) is 0 Å². The molecule has 0 saturated carbocycles. The second-order valence-corrected chi connectivity index (χ2v) is 6.92. The van der Waals surface area contributed by atoms with E-state index in [-0.39, 0.29) is 11.8 Å². The van der Waals surface area contributed by atoms with Gasteiger partial charge in [0.25, 0.3) is 11.8 Å². The molecule has 2 saturated heterocycles. The van der Waals surface area contributed by atoms with E-state index in [1.165, 1.54) is 35.7 Å². The van der Waals surface area contributed by atoms with Gasteiger partial charge in [-0.05, 0) is 0 Å². The van der Waals surface area contributed by atoms with Crippen LogP contribution in [0.4, 0.5) is 9.59 Å². The molecule has 0 bridgehead atoms. The minimum absolute atomic E-state index is 0.256. The Morgan fingerprint density at radius 2 is 1.20 bits per heavy atom. The Kier molecular flexibility index (Phi) is 4.43. The van der Waals surface area contributed by atoms with Crippen LogP contribution in [-0.2, 0) is 9.59 Å². The molecule has 10 heteroatoms. The number of carbonyl (C=O) groups is 4. The number of imide groups is 2. The molecule has 6 amide bonds. The summed E-state index contributed by atoms with van der Waals surface area (Å²) < 4.78 is 0. The van der Waals surface area contributed by atoms with Gasteiger partial charge in [-0.15, -0.1) is 0 Å². The molecule has 2 heterocycles. The monoisotopic (exact) mass is 318 g/mol. The minimum atomic E-state index is -0.526. The summed E-state index contributed by atoms with van der Waals surface area (Å²) in [5.74, 6) is 0.329. The average Bonchev–Trinajstić information content (AvgIpc) is 2.80. The van der Waals surface area contributed by atoms with E-state index in [2.05, 4.69) is 10.6 Å². The Labute approximate surface area is 123 Å². The van der Waals surface area contributed by atoms with E-state index in [1.807, 2.05) is 0 Å². The van der Waals surface area contributed by atoms with Gasteiger partial charge in [-0.3, -0.25) is 19.4 Å². The van der Waals surface area contributed by atoms with Gasteiger partial charge in [0.2, 0.25) is 0 Å². The second-order valence-electron chi connectivity index (χ2n) is 4.37. The largest absolute Gasteiger partial charge is 0.325 e. The minimum Gasteiger partial charge on any atom is -0.325 e. The molecule has 2 unspecified atom stereocenters. The van der Waals surface area contributed by atoms with E-state index < -0.39 is 24.1 Å². The molecule has 0 aromatic heterocycles. The highest BCUT2D eigenvalue weighted by atomic mass is 33.1.